The van der Waals surface area contributed by atoms with Gasteiger partial charge in [-0.25, -0.2) is 13.1 Å². The fourth-order valence-electron chi connectivity index (χ4n) is 1.59. The van der Waals surface area contributed by atoms with Crippen LogP contribution in [-0.2, 0) is 16.6 Å². The van der Waals surface area contributed by atoms with Gasteiger partial charge in [-0.2, -0.15) is 0 Å². The Bertz CT molecular complexity index is 617. The molecule has 2 aromatic rings. The van der Waals surface area contributed by atoms with Crippen LogP contribution in [0.15, 0.2) is 39.2 Å². The molecule has 0 aromatic carbocycles. The Labute approximate surface area is 116 Å². The van der Waals surface area contributed by atoms with Gasteiger partial charge < -0.3 is 9.73 Å². The highest BCUT2D eigenvalue weighted by atomic mass is 32.2. The number of thiophene rings is 1. The van der Waals surface area contributed by atoms with Crippen molar-refractivity contribution < 1.29 is 12.8 Å². The van der Waals surface area contributed by atoms with Gasteiger partial charge in [0.05, 0.1) is 6.54 Å². The fourth-order valence-corrected chi connectivity index (χ4v) is 3.01. The Kier molecular flexibility index (Phi) is 4.41. The third-order valence-electron chi connectivity index (χ3n) is 2.72. The van der Waals surface area contributed by atoms with Gasteiger partial charge in [0, 0.05) is 10.9 Å². The van der Waals surface area contributed by atoms with Crippen molar-refractivity contribution in [3.05, 3.63) is 40.3 Å². The van der Waals surface area contributed by atoms with Crippen molar-refractivity contribution >= 4 is 21.4 Å². The van der Waals surface area contributed by atoms with E-state index in [1.54, 1.807) is 17.4 Å². The maximum absolute atomic E-state index is 11.5. The van der Waals surface area contributed by atoms with E-state index in [4.69, 9.17) is 4.42 Å². The van der Waals surface area contributed by atoms with Crippen LogP contribution in [0.3, 0.4) is 0 Å². The molecule has 0 spiro atoms. The van der Waals surface area contributed by atoms with Crippen LogP contribution in [0.5, 0.6) is 0 Å². The fraction of sp³-hybridized carbons (Fsp3) is 0.333. The SMILES string of the molecule is CNS(=O)(=O)c1ccc(CNC(C)c2cccs2)o1. The van der Waals surface area contributed by atoms with Crippen LogP contribution in [0.4, 0.5) is 0 Å². The Morgan fingerprint density at radius 1 is 1.37 bits per heavy atom. The summed E-state index contributed by atoms with van der Waals surface area (Å²) >= 11 is 1.68. The smallest absolute Gasteiger partial charge is 0.273 e. The van der Waals surface area contributed by atoms with Crippen LogP contribution in [0.1, 0.15) is 23.6 Å². The second kappa shape index (κ2) is 5.87. The minimum Gasteiger partial charge on any atom is -0.447 e. The number of hydrogen-bond donors (Lipinski definition) is 2. The average Bonchev–Trinajstić information content (AvgIpc) is 3.07. The summed E-state index contributed by atoms with van der Waals surface area (Å²) in [6.45, 7) is 2.54. The summed E-state index contributed by atoms with van der Waals surface area (Å²) in [7, 11) is -2.15. The van der Waals surface area contributed by atoms with Crippen LogP contribution in [0.25, 0.3) is 0 Å². The molecule has 2 aromatic heterocycles. The molecule has 2 heterocycles. The van der Waals surface area contributed by atoms with Gasteiger partial charge in [-0.15, -0.1) is 11.3 Å². The Morgan fingerprint density at radius 2 is 2.16 bits per heavy atom. The van der Waals surface area contributed by atoms with E-state index in [2.05, 4.69) is 23.0 Å². The molecule has 0 aliphatic carbocycles. The van der Waals surface area contributed by atoms with Crippen molar-refractivity contribution in [3.63, 3.8) is 0 Å². The van der Waals surface area contributed by atoms with Crippen LogP contribution < -0.4 is 10.0 Å². The number of sulfonamides is 1. The molecule has 1 atom stereocenters. The zero-order valence-corrected chi connectivity index (χ0v) is 12.3. The van der Waals surface area contributed by atoms with E-state index in [1.807, 2.05) is 11.4 Å². The lowest BCUT2D eigenvalue weighted by Gasteiger charge is -2.10. The number of nitrogens with one attached hydrogen (secondary N) is 2. The summed E-state index contributed by atoms with van der Waals surface area (Å²) in [4.78, 5) is 1.23. The van der Waals surface area contributed by atoms with Crippen molar-refractivity contribution in [1.82, 2.24) is 10.0 Å². The van der Waals surface area contributed by atoms with Gasteiger partial charge in [-0.05, 0) is 37.6 Å². The van der Waals surface area contributed by atoms with Gasteiger partial charge in [0.2, 0.25) is 5.09 Å². The topological polar surface area (TPSA) is 71.3 Å². The second-order valence-electron chi connectivity index (χ2n) is 4.05. The van der Waals surface area contributed by atoms with Gasteiger partial charge in [0.25, 0.3) is 10.0 Å². The Hall–Kier alpha value is -1.15. The lowest BCUT2D eigenvalue weighted by Crippen LogP contribution is -2.18. The molecule has 2 rings (SSSR count). The second-order valence-corrected chi connectivity index (χ2v) is 6.84. The van der Waals surface area contributed by atoms with Crippen molar-refractivity contribution in [3.8, 4) is 0 Å². The summed E-state index contributed by atoms with van der Waals surface area (Å²) < 4.78 is 30.5. The molecular formula is C12H16N2O3S2. The maximum atomic E-state index is 11.5. The Morgan fingerprint density at radius 3 is 2.79 bits per heavy atom. The molecule has 7 heteroatoms. The number of furan rings is 1. The highest BCUT2D eigenvalue weighted by Crippen LogP contribution is 2.19. The summed E-state index contributed by atoms with van der Waals surface area (Å²) in [6.07, 6.45) is 0. The van der Waals surface area contributed by atoms with Crippen LogP contribution in [0, 0.1) is 0 Å². The lowest BCUT2D eigenvalue weighted by atomic mass is 10.2. The van der Waals surface area contributed by atoms with Gasteiger partial charge >= 0.3 is 0 Å². The highest BCUT2D eigenvalue weighted by Gasteiger charge is 2.16. The van der Waals surface area contributed by atoms with E-state index in [1.165, 1.54) is 18.0 Å². The third kappa shape index (κ3) is 3.44. The summed E-state index contributed by atoms with van der Waals surface area (Å²) in [5.74, 6) is 0.595. The zero-order valence-electron chi connectivity index (χ0n) is 10.7. The summed E-state index contributed by atoms with van der Waals surface area (Å²) in [5, 5.41) is 5.25. The van der Waals surface area contributed by atoms with E-state index in [0.29, 0.717) is 12.3 Å². The van der Waals surface area contributed by atoms with Crippen molar-refractivity contribution in [1.29, 1.82) is 0 Å². The van der Waals surface area contributed by atoms with E-state index in [0.717, 1.165) is 0 Å². The minimum atomic E-state index is -3.50. The van der Waals surface area contributed by atoms with Gasteiger partial charge in [0.1, 0.15) is 5.76 Å². The Balaban J connectivity index is 1.98. The average molecular weight is 300 g/mol. The molecule has 0 saturated heterocycles. The van der Waals surface area contributed by atoms with Crippen LogP contribution in [-0.4, -0.2) is 15.5 Å². The molecule has 0 amide bonds. The highest BCUT2D eigenvalue weighted by molar-refractivity contribution is 7.89. The van der Waals surface area contributed by atoms with Crippen molar-refractivity contribution in [2.75, 3.05) is 7.05 Å². The van der Waals surface area contributed by atoms with Crippen LogP contribution in [0.2, 0.25) is 0 Å². The maximum Gasteiger partial charge on any atom is 0.273 e. The van der Waals surface area contributed by atoms with Gasteiger partial charge in [-0.3, -0.25) is 0 Å². The van der Waals surface area contributed by atoms with E-state index in [-0.39, 0.29) is 11.1 Å². The lowest BCUT2D eigenvalue weighted by molar-refractivity contribution is 0.393. The molecule has 5 nitrogen and oxygen atoms in total. The van der Waals surface area contributed by atoms with Crippen molar-refractivity contribution in [2.24, 2.45) is 0 Å². The minimum absolute atomic E-state index is 0.0597. The van der Waals surface area contributed by atoms with Crippen molar-refractivity contribution in [2.45, 2.75) is 24.6 Å². The zero-order chi connectivity index (χ0) is 13.9. The number of rotatable bonds is 6. The van der Waals surface area contributed by atoms with E-state index < -0.39 is 10.0 Å². The normalized spacial score (nSPS) is 13.6. The van der Waals surface area contributed by atoms with E-state index >= 15 is 0 Å². The largest absolute Gasteiger partial charge is 0.447 e. The first kappa shape index (κ1) is 14.3. The van der Waals surface area contributed by atoms with E-state index in [9.17, 15) is 8.42 Å². The predicted molar refractivity (Wildman–Crippen MR) is 74.5 cm³/mol. The molecule has 104 valence electrons. The first-order valence-electron chi connectivity index (χ1n) is 5.82. The third-order valence-corrected chi connectivity index (χ3v) is 5.06. The monoisotopic (exact) mass is 300 g/mol. The molecular weight excluding hydrogens is 284 g/mol. The molecule has 2 N–H and O–H groups in total. The molecule has 0 aliphatic rings. The molecule has 0 bridgehead atoms. The quantitative estimate of drug-likeness (QED) is 0.857. The molecule has 0 aliphatic heterocycles. The van der Waals surface area contributed by atoms with Gasteiger partial charge in [0.15, 0.2) is 0 Å². The first-order valence-corrected chi connectivity index (χ1v) is 8.18. The molecule has 19 heavy (non-hydrogen) atoms. The number of hydrogen-bond acceptors (Lipinski definition) is 5. The molecule has 0 radical (unpaired) electrons. The molecule has 1 unspecified atom stereocenters. The first-order chi connectivity index (χ1) is 9.03. The molecule has 0 saturated carbocycles. The summed E-state index contributed by atoms with van der Waals surface area (Å²) in [5.41, 5.74) is 0. The predicted octanol–water partition coefficient (Wildman–Crippen LogP) is 2.10. The van der Waals surface area contributed by atoms with Crippen LogP contribution >= 0.6 is 11.3 Å². The van der Waals surface area contributed by atoms with Gasteiger partial charge in [-0.1, -0.05) is 6.07 Å². The summed E-state index contributed by atoms with van der Waals surface area (Å²) in [6, 6.07) is 7.38. The molecule has 0 fully saturated rings. The standard InChI is InChI=1S/C12H16N2O3S2/c1-9(11-4-3-7-18-11)14-8-10-5-6-12(17-10)19(15,16)13-2/h3-7,9,13-14H,8H2,1-2H3.